The van der Waals surface area contributed by atoms with Crippen molar-refractivity contribution in [2.45, 2.75) is 19.1 Å². The third kappa shape index (κ3) is 3.12. The number of rotatable bonds is 2. The Labute approximate surface area is 174 Å². The highest BCUT2D eigenvalue weighted by molar-refractivity contribution is 6.34. The molecule has 1 atom stereocenters. The van der Waals surface area contributed by atoms with Gasteiger partial charge in [0.1, 0.15) is 0 Å². The van der Waals surface area contributed by atoms with E-state index >= 15 is 0 Å². The predicted molar refractivity (Wildman–Crippen MR) is 115 cm³/mol. The average Bonchev–Trinajstić information content (AvgIpc) is 3.31. The van der Waals surface area contributed by atoms with E-state index in [0.29, 0.717) is 17.1 Å². The van der Waals surface area contributed by atoms with Gasteiger partial charge in [0.15, 0.2) is 0 Å². The second-order valence-corrected chi connectivity index (χ2v) is 7.84. The van der Waals surface area contributed by atoms with Crippen molar-refractivity contribution < 1.29 is 4.79 Å². The van der Waals surface area contributed by atoms with Gasteiger partial charge in [0.05, 0.1) is 23.2 Å². The highest BCUT2D eigenvalue weighted by atomic mass is 35.5. The number of carbonyl (C=O) groups is 1. The van der Waals surface area contributed by atoms with Crippen LogP contribution in [0.3, 0.4) is 0 Å². The first kappa shape index (κ1) is 18.0. The summed E-state index contributed by atoms with van der Waals surface area (Å²) in [6.45, 7) is 1.27. The van der Waals surface area contributed by atoms with Gasteiger partial charge in [-0.3, -0.25) is 4.79 Å². The van der Waals surface area contributed by atoms with E-state index in [1.54, 1.807) is 0 Å². The fraction of sp³-hybridized carbons (Fsp3) is 0.174. The predicted octanol–water partition coefficient (Wildman–Crippen LogP) is 4.36. The summed E-state index contributed by atoms with van der Waals surface area (Å²) in [6.07, 6.45) is 6.02. The number of hydrogen-bond acceptors (Lipinski definition) is 3. The van der Waals surface area contributed by atoms with E-state index in [-0.39, 0.29) is 11.9 Å². The maximum atomic E-state index is 13.6. The molecule has 0 aliphatic carbocycles. The molecule has 0 bridgehead atoms. The fourth-order valence-corrected chi connectivity index (χ4v) is 4.37. The van der Waals surface area contributed by atoms with E-state index in [4.69, 9.17) is 11.6 Å². The average molecular weight is 405 g/mol. The van der Waals surface area contributed by atoms with Gasteiger partial charge in [-0.25, -0.2) is 5.01 Å². The fourth-order valence-electron chi connectivity index (χ4n) is 4.10. The molecule has 1 unspecified atom stereocenters. The van der Waals surface area contributed by atoms with Crippen molar-refractivity contribution in [2.75, 3.05) is 11.9 Å². The highest BCUT2D eigenvalue weighted by Gasteiger charge is 2.27. The normalized spacial score (nSPS) is 18.1. The lowest BCUT2D eigenvalue weighted by Crippen LogP contribution is -2.31. The lowest BCUT2D eigenvalue weighted by atomic mass is 10.0. The second kappa shape index (κ2) is 7.10. The van der Waals surface area contributed by atoms with E-state index in [0.717, 1.165) is 29.1 Å². The molecule has 0 spiro atoms. The molecule has 3 heterocycles. The van der Waals surface area contributed by atoms with Crippen LogP contribution in [-0.2, 0) is 13.1 Å². The summed E-state index contributed by atoms with van der Waals surface area (Å²) in [5.41, 5.74) is 7.85. The molecule has 5 nitrogen and oxygen atoms in total. The minimum Gasteiger partial charge on any atom is -0.345 e. The Morgan fingerprint density at radius 3 is 2.76 bits per heavy atom. The van der Waals surface area contributed by atoms with Crippen LogP contribution < -0.4 is 10.3 Å². The Balaban J connectivity index is 1.52. The lowest BCUT2D eigenvalue weighted by molar-refractivity contribution is 0.0985. The van der Waals surface area contributed by atoms with Gasteiger partial charge >= 0.3 is 0 Å². The van der Waals surface area contributed by atoms with Crippen molar-refractivity contribution in [1.82, 2.24) is 15.0 Å². The molecule has 0 saturated carbocycles. The van der Waals surface area contributed by atoms with Crippen molar-refractivity contribution in [2.24, 2.45) is 0 Å². The highest BCUT2D eigenvalue weighted by Crippen LogP contribution is 2.32. The second-order valence-electron chi connectivity index (χ2n) is 7.43. The van der Waals surface area contributed by atoms with Crippen molar-refractivity contribution in [3.63, 3.8) is 0 Å². The van der Waals surface area contributed by atoms with Gasteiger partial charge < -0.3 is 14.9 Å². The zero-order valence-electron chi connectivity index (χ0n) is 16.0. The van der Waals surface area contributed by atoms with Gasteiger partial charge in [-0.2, -0.15) is 0 Å². The van der Waals surface area contributed by atoms with E-state index in [9.17, 15) is 4.79 Å². The van der Waals surface area contributed by atoms with Crippen LogP contribution in [0.15, 0.2) is 73.1 Å². The monoisotopic (exact) mass is 404 g/mol. The molecule has 2 aliphatic rings. The summed E-state index contributed by atoms with van der Waals surface area (Å²) >= 11 is 6.60. The van der Waals surface area contributed by atoms with Gasteiger partial charge in [0.25, 0.3) is 5.91 Å². The third-order valence-electron chi connectivity index (χ3n) is 5.65. The van der Waals surface area contributed by atoms with Crippen LogP contribution in [0.5, 0.6) is 0 Å². The number of para-hydroxylation sites is 1. The Bertz CT molecular complexity index is 1120. The van der Waals surface area contributed by atoms with Gasteiger partial charge in [-0.15, -0.1) is 0 Å². The van der Waals surface area contributed by atoms with Crippen LogP contribution in [-0.4, -0.2) is 22.5 Å². The van der Waals surface area contributed by atoms with E-state index < -0.39 is 0 Å². The van der Waals surface area contributed by atoms with Gasteiger partial charge in [0, 0.05) is 37.4 Å². The van der Waals surface area contributed by atoms with Crippen LogP contribution in [0.2, 0.25) is 5.02 Å². The molecule has 0 radical (unpaired) electrons. The Kier molecular flexibility index (Phi) is 4.42. The molecule has 29 heavy (non-hydrogen) atoms. The Hall–Kier alpha value is -3.02. The molecular formula is C23H21ClN4O. The van der Waals surface area contributed by atoms with E-state index in [1.807, 2.05) is 65.6 Å². The zero-order valence-corrected chi connectivity index (χ0v) is 16.8. The van der Waals surface area contributed by atoms with Crippen LogP contribution in [0.4, 0.5) is 5.69 Å². The van der Waals surface area contributed by atoms with E-state index in [2.05, 4.69) is 34.4 Å². The maximum absolute atomic E-state index is 13.6. The maximum Gasteiger partial charge on any atom is 0.260 e. The van der Waals surface area contributed by atoms with Crippen molar-refractivity contribution >= 4 is 23.2 Å². The first-order chi connectivity index (χ1) is 14.1. The van der Waals surface area contributed by atoms with Crippen molar-refractivity contribution in [1.29, 1.82) is 0 Å². The number of amides is 1. The number of fused-ring (bicyclic) bond motifs is 2. The summed E-state index contributed by atoms with van der Waals surface area (Å²) in [5, 5.41) is 2.46. The Morgan fingerprint density at radius 1 is 1.10 bits per heavy atom. The number of halogens is 1. The molecule has 1 N–H and O–H groups in total. The minimum absolute atomic E-state index is 0.0860. The standard InChI is InChI=1S/C23H21ClN4O/c1-26-21(10-11-25-26)16-8-9-19(20(24)13-16)23(29)28-15-18-6-4-12-27(18)14-17-5-2-3-7-22(17)28/h2-13,21,25H,14-15H2,1H3. The molecule has 2 aliphatic heterocycles. The number of hydrogen-bond donors (Lipinski definition) is 1. The number of nitrogens with zero attached hydrogens (tertiary/aromatic N) is 3. The summed E-state index contributed by atoms with van der Waals surface area (Å²) < 4.78 is 2.19. The molecule has 6 heteroatoms. The molecule has 1 amide bonds. The van der Waals surface area contributed by atoms with Crippen LogP contribution >= 0.6 is 11.6 Å². The lowest BCUT2D eigenvalue weighted by Gasteiger charge is -2.24. The topological polar surface area (TPSA) is 40.5 Å². The molecule has 146 valence electrons. The SMILES string of the molecule is CN1NC=CC1c1ccc(C(=O)N2Cc3cccn3Cc3ccccc32)c(Cl)c1. The summed E-state index contributed by atoms with van der Waals surface area (Å²) in [5.74, 6) is -0.0860. The molecular weight excluding hydrogens is 384 g/mol. The largest absolute Gasteiger partial charge is 0.345 e. The zero-order chi connectivity index (χ0) is 20.0. The number of likely N-dealkylation sites (N-methyl/N-ethyl adjacent to an activating group) is 1. The molecule has 0 saturated heterocycles. The molecule has 0 fully saturated rings. The summed E-state index contributed by atoms with van der Waals surface area (Å²) in [4.78, 5) is 15.4. The first-order valence-electron chi connectivity index (χ1n) is 9.61. The van der Waals surface area contributed by atoms with Crippen molar-refractivity contribution in [3.8, 4) is 0 Å². The number of hydrazine groups is 1. The van der Waals surface area contributed by atoms with Crippen LogP contribution in [0, 0.1) is 0 Å². The quantitative estimate of drug-likeness (QED) is 0.690. The first-order valence-corrected chi connectivity index (χ1v) is 9.98. The van der Waals surface area contributed by atoms with Gasteiger partial charge in [-0.05, 0) is 47.5 Å². The van der Waals surface area contributed by atoms with Crippen molar-refractivity contribution in [3.05, 3.63) is 100 Å². The van der Waals surface area contributed by atoms with E-state index in [1.165, 1.54) is 0 Å². The molecule has 5 rings (SSSR count). The number of carbonyl (C=O) groups excluding carboxylic acids is 1. The smallest absolute Gasteiger partial charge is 0.260 e. The minimum atomic E-state index is -0.0860. The summed E-state index contributed by atoms with van der Waals surface area (Å²) in [6, 6.07) is 17.9. The van der Waals surface area contributed by atoms with Crippen LogP contribution in [0.1, 0.15) is 33.2 Å². The molecule has 2 aromatic carbocycles. The number of aromatic nitrogens is 1. The molecule has 1 aromatic heterocycles. The number of nitrogens with one attached hydrogen (secondary N) is 1. The number of benzene rings is 2. The molecule has 3 aromatic rings. The van der Waals surface area contributed by atoms with Gasteiger partial charge in [0.2, 0.25) is 0 Å². The third-order valence-corrected chi connectivity index (χ3v) is 5.96. The van der Waals surface area contributed by atoms with Gasteiger partial charge in [-0.1, -0.05) is 35.9 Å². The number of anilines is 1. The Morgan fingerprint density at radius 2 is 1.97 bits per heavy atom. The van der Waals surface area contributed by atoms with Crippen LogP contribution in [0.25, 0.3) is 0 Å². The summed E-state index contributed by atoms with van der Waals surface area (Å²) in [7, 11) is 1.97.